The fourth-order valence-electron chi connectivity index (χ4n) is 1.79. The van der Waals surface area contributed by atoms with Crippen molar-refractivity contribution in [1.82, 2.24) is 0 Å². The fraction of sp³-hybridized carbons (Fsp3) is 0.625. The molecule has 0 spiro atoms. The van der Waals surface area contributed by atoms with Crippen LogP contribution < -0.4 is 0 Å². The summed E-state index contributed by atoms with van der Waals surface area (Å²) in [5.41, 5.74) is 1.05. The first kappa shape index (κ1) is 17.4. The van der Waals surface area contributed by atoms with E-state index < -0.39 is 8.32 Å². The Morgan fingerprint density at radius 2 is 1.70 bits per heavy atom. The largest absolute Gasteiger partial charge is 0.407 e. The third-order valence-electron chi connectivity index (χ3n) is 4.18. The molecular weight excluding hydrogens is 268 g/mol. The van der Waals surface area contributed by atoms with E-state index in [1.807, 2.05) is 30.3 Å². The molecule has 0 amide bonds. The Bertz CT molecular complexity index is 394. The molecule has 0 aliphatic rings. The number of benzene rings is 1. The van der Waals surface area contributed by atoms with Crippen LogP contribution in [0.1, 0.15) is 32.4 Å². The van der Waals surface area contributed by atoms with Crippen molar-refractivity contribution in [3.8, 4) is 0 Å². The first-order chi connectivity index (χ1) is 9.23. The number of ether oxygens (including phenoxy) is 1. The normalized spacial score (nSPS) is 15.9. The Hall–Kier alpha value is -0.683. The Balaban J connectivity index is 3.07. The summed E-state index contributed by atoms with van der Waals surface area (Å²) >= 11 is 0. The van der Waals surface area contributed by atoms with Crippen LogP contribution in [-0.2, 0) is 9.16 Å². The van der Waals surface area contributed by atoms with Gasteiger partial charge in [-0.2, -0.15) is 0 Å². The summed E-state index contributed by atoms with van der Waals surface area (Å²) in [7, 11) is -0.320. The molecule has 0 unspecified atom stereocenters. The molecule has 1 aromatic carbocycles. The van der Waals surface area contributed by atoms with Crippen molar-refractivity contribution in [2.24, 2.45) is 0 Å². The van der Waals surface area contributed by atoms with E-state index in [1.54, 1.807) is 7.11 Å². The molecule has 0 bridgehead atoms. The number of methoxy groups -OCH3 is 1. The van der Waals surface area contributed by atoms with Gasteiger partial charge in [0.15, 0.2) is 8.32 Å². The van der Waals surface area contributed by atoms with Crippen LogP contribution in [0.5, 0.6) is 0 Å². The maximum absolute atomic E-state index is 9.57. The van der Waals surface area contributed by atoms with Gasteiger partial charge in [0.1, 0.15) is 6.10 Å². The number of rotatable bonds is 6. The van der Waals surface area contributed by atoms with E-state index in [-0.39, 0.29) is 23.9 Å². The molecule has 0 fully saturated rings. The summed E-state index contributed by atoms with van der Waals surface area (Å²) in [6, 6.07) is 10.0. The average Bonchev–Trinajstić information content (AvgIpc) is 2.38. The van der Waals surface area contributed by atoms with Gasteiger partial charge in [-0.1, -0.05) is 51.1 Å². The maximum Gasteiger partial charge on any atom is 0.193 e. The second-order valence-electron chi connectivity index (χ2n) is 6.67. The smallest absolute Gasteiger partial charge is 0.193 e. The van der Waals surface area contributed by atoms with Crippen LogP contribution >= 0.6 is 0 Å². The van der Waals surface area contributed by atoms with Crippen LogP contribution in [0.25, 0.3) is 0 Å². The highest BCUT2D eigenvalue weighted by Crippen LogP contribution is 2.40. The van der Waals surface area contributed by atoms with Gasteiger partial charge in [0.2, 0.25) is 0 Å². The molecule has 114 valence electrons. The molecule has 2 atom stereocenters. The van der Waals surface area contributed by atoms with Crippen LogP contribution in [0.15, 0.2) is 30.3 Å². The van der Waals surface area contributed by atoms with Gasteiger partial charge in [-0.05, 0) is 23.7 Å². The number of hydrogen-bond acceptors (Lipinski definition) is 3. The summed E-state index contributed by atoms with van der Waals surface area (Å²) < 4.78 is 11.9. The zero-order valence-electron chi connectivity index (χ0n) is 13.5. The van der Waals surface area contributed by atoms with E-state index >= 15 is 0 Å². The minimum absolute atomic E-state index is 0.0509. The van der Waals surface area contributed by atoms with Crippen molar-refractivity contribution < 1.29 is 14.3 Å². The predicted octanol–water partition coefficient (Wildman–Crippen LogP) is 3.76. The van der Waals surface area contributed by atoms with E-state index in [0.717, 1.165) is 5.56 Å². The first-order valence-electron chi connectivity index (χ1n) is 7.09. The Morgan fingerprint density at radius 1 is 1.15 bits per heavy atom. The molecule has 20 heavy (non-hydrogen) atoms. The van der Waals surface area contributed by atoms with Crippen molar-refractivity contribution in [3.05, 3.63) is 35.9 Å². The minimum atomic E-state index is -1.94. The summed E-state index contributed by atoms with van der Waals surface area (Å²) in [5.74, 6) is 0. The second kappa shape index (κ2) is 6.85. The maximum atomic E-state index is 9.57. The Kier molecular flexibility index (Phi) is 5.95. The van der Waals surface area contributed by atoms with Crippen LogP contribution in [0.4, 0.5) is 0 Å². The van der Waals surface area contributed by atoms with Gasteiger partial charge in [0.25, 0.3) is 0 Å². The molecule has 1 N–H and O–H groups in total. The second-order valence-corrected chi connectivity index (χ2v) is 11.4. The Labute approximate surface area is 124 Å². The molecule has 0 saturated carbocycles. The number of aliphatic hydroxyl groups is 1. The van der Waals surface area contributed by atoms with Crippen LogP contribution in [-0.4, -0.2) is 33.2 Å². The summed E-state index contributed by atoms with van der Waals surface area (Å²) in [6.45, 7) is 11.0. The van der Waals surface area contributed by atoms with Gasteiger partial charge in [-0.15, -0.1) is 0 Å². The lowest BCUT2D eigenvalue weighted by Crippen LogP contribution is -2.44. The van der Waals surface area contributed by atoms with E-state index in [4.69, 9.17) is 9.16 Å². The summed E-state index contributed by atoms with van der Waals surface area (Å²) in [6.07, 6.45) is -0.571. The van der Waals surface area contributed by atoms with Crippen molar-refractivity contribution in [3.63, 3.8) is 0 Å². The van der Waals surface area contributed by atoms with E-state index in [1.165, 1.54) is 0 Å². The highest BCUT2D eigenvalue weighted by Gasteiger charge is 2.41. The molecule has 4 heteroatoms. The van der Waals surface area contributed by atoms with Crippen molar-refractivity contribution in [1.29, 1.82) is 0 Å². The third-order valence-corrected chi connectivity index (χ3v) is 8.63. The van der Waals surface area contributed by atoms with Crippen molar-refractivity contribution >= 4 is 8.32 Å². The molecule has 0 saturated heterocycles. The van der Waals surface area contributed by atoms with E-state index in [9.17, 15) is 5.11 Å². The molecule has 1 aromatic rings. The molecule has 0 aromatic heterocycles. The standard InChI is InChI=1S/C16H28O3Si/c1-16(2,3)20(5,6)19-15(14(12-17)18-4)13-10-8-7-9-11-13/h7-11,14-15,17H,12H2,1-6H3/t14-,15+/m1/s1. The number of aliphatic hydroxyl groups excluding tert-OH is 1. The fourth-order valence-corrected chi connectivity index (χ4v) is 3.07. The number of hydrogen-bond donors (Lipinski definition) is 1. The summed E-state index contributed by atoms with van der Waals surface area (Å²) in [4.78, 5) is 0. The molecule has 1 rings (SSSR count). The monoisotopic (exact) mass is 296 g/mol. The zero-order valence-corrected chi connectivity index (χ0v) is 14.5. The van der Waals surface area contributed by atoms with Crippen LogP contribution in [0.3, 0.4) is 0 Å². The van der Waals surface area contributed by atoms with E-state index in [2.05, 4.69) is 33.9 Å². The zero-order chi connectivity index (χ0) is 15.4. The lowest BCUT2D eigenvalue weighted by Gasteiger charge is -2.41. The highest BCUT2D eigenvalue weighted by molar-refractivity contribution is 6.74. The predicted molar refractivity (Wildman–Crippen MR) is 85.3 cm³/mol. The first-order valence-corrected chi connectivity index (χ1v) is 10.00. The van der Waals surface area contributed by atoms with Gasteiger partial charge in [-0.25, -0.2) is 0 Å². The molecule has 0 aliphatic heterocycles. The van der Waals surface area contributed by atoms with Crippen molar-refractivity contribution in [2.75, 3.05) is 13.7 Å². The average molecular weight is 296 g/mol. The van der Waals surface area contributed by atoms with Gasteiger partial charge >= 0.3 is 0 Å². The lowest BCUT2D eigenvalue weighted by molar-refractivity contribution is -0.0364. The molecule has 3 nitrogen and oxygen atoms in total. The molecular formula is C16H28O3Si. The van der Waals surface area contributed by atoms with Gasteiger partial charge in [0, 0.05) is 7.11 Å². The van der Waals surface area contributed by atoms with Crippen LogP contribution in [0, 0.1) is 0 Å². The Morgan fingerprint density at radius 3 is 2.10 bits per heavy atom. The molecule has 0 aliphatic carbocycles. The highest BCUT2D eigenvalue weighted by atomic mass is 28.4. The van der Waals surface area contributed by atoms with Gasteiger partial charge in [0.05, 0.1) is 12.7 Å². The SMILES string of the molecule is CO[C@H](CO)[C@@H](O[Si](C)(C)C(C)(C)C)c1ccccc1. The lowest BCUT2D eigenvalue weighted by atomic mass is 10.1. The minimum Gasteiger partial charge on any atom is -0.407 e. The van der Waals surface area contributed by atoms with Crippen LogP contribution in [0.2, 0.25) is 18.1 Å². The summed E-state index contributed by atoms with van der Waals surface area (Å²) in [5, 5.41) is 9.69. The molecule has 0 heterocycles. The quantitative estimate of drug-likeness (QED) is 0.812. The van der Waals surface area contributed by atoms with Crippen molar-refractivity contribution in [2.45, 2.75) is 51.1 Å². The molecule has 0 radical (unpaired) electrons. The van der Waals surface area contributed by atoms with Gasteiger partial charge in [-0.3, -0.25) is 0 Å². The topological polar surface area (TPSA) is 38.7 Å². The van der Waals surface area contributed by atoms with Gasteiger partial charge < -0.3 is 14.3 Å². The third kappa shape index (κ3) is 4.15. The van der Waals surface area contributed by atoms with E-state index in [0.29, 0.717) is 0 Å².